The van der Waals surface area contributed by atoms with Gasteiger partial charge in [-0.25, -0.2) is 0 Å². The summed E-state index contributed by atoms with van der Waals surface area (Å²) in [4.78, 5) is 2.76. The van der Waals surface area contributed by atoms with Gasteiger partial charge in [0, 0.05) is 30.2 Å². The lowest BCUT2D eigenvalue weighted by atomic mass is 9.86. The van der Waals surface area contributed by atoms with E-state index in [9.17, 15) is 0 Å². The highest BCUT2D eigenvalue weighted by molar-refractivity contribution is 5.05. The van der Waals surface area contributed by atoms with Crippen LogP contribution in [0.1, 0.15) is 53.4 Å². The van der Waals surface area contributed by atoms with Gasteiger partial charge in [0.2, 0.25) is 0 Å². The van der Waals surface area contributed by atoms with Gasteiger partial charge >= 0.3 is 0 Å². The van der Waals surface area contributed by atoms with Crippen LogP contribution in [-0.2, 0) is 0 Å². The molecule has 2 nitrogen and oxygen atoms in total. The third-order valence-corrected chi connectivity index (χ3v) is 4.23. The lowest BCUT2D eigenvalue weighted by Crippen LogP contribution is -2.68. The predicted molar refractivity (Wildman–Crippen MR) is 65.1 cm³/mol. The molecule has 0 bridgehead atoms. The lowest BCUT2D eigenvalue weighted by Gasteiger charge is -2.53. The zero-order valence-electron chi connectivity index (χ0n) is 10.8. The van der Waals surface area contributed by atoms with Gasteiger partial charge in [-0.1, -0.05) is 12.8 Å². The van der Waals surface area contributed by atoms with Crippen LogP contribution in [0.2, 0.25) is 0 Å². The van der Waals surface area contributed by atoms with Gasteiger partial charge in [-0.15, -0.1) is 0 Å². The molecule has 0 amide bonds. The van der Waals surface area contributed by atoms with E-state index in [0.29, 0.717) is 11.6 Å². The second-order valence-corrected chi connectivity index (χ2v) is 6.39. The third-order valence-electron chi connectivity index (χ3n) is 4.23. The van der Waals surface area contributed by atoms with Gasteiger partial charge < -0.3 is 5.32 Å². The summed E-state index contributed by atoms with van der Waals surface area (Å²) in [6.07, 6.45) is 5.64. The molecule has 0 radical (unpaired) electrons. The van der Waals surface area contributed by atoms with Crippen LogP contribution < -0.4 is 5.32 Å². The number of rotatable bonds is 1. The molecule has 1 aliphatic carbocycles. The molecule has 15 heavy (non-hydrogen) atoms. The van der Waals surface area contributed by atoms with Crippen LogP contribution in [0.3, 0.4) is 0 Å². The van der Waals surface area contributed by atoms with Gasteiger partial charge in [0.15, 0.2) is 0 Å². The molecule has 0 aromatic carbocycles. The van der Waals surface area contributed by atoms with Crippen LogP contribution >= 0.6 is 0 Å². The number of hydrogen-bond donors (Lipinski definition) is 1. The fourth-order valence-electron chi connectivity index (χ4n) is 3.38. The van der Waals surface area contributed by atoms with Crippen LogP contribution in [0.5, 0.6) is 0 Å². The van der Waals surface area contributed by atoms with Gasteiger partial charge in [-0.3, -0.25) is 4.90 Å². The summed E-state index contributed by atoms with van der Waals surface area (Å²) < 4.78 is 0. The summed E-state index contributed by atoms with van der Waals surface area (Å²) in [5.74, 6) is 0. The maximum absolute atomic E-state index is 3.73. The molecule has 1 saturated carbocycles. The van der Waals surface area contributed by atoms with E-state index in [1.165, 1.54) is 38.8 Å². The largest absolute Gasteiger partial charge is 0.309 e. The van der Waals surface area contributed by atoms with Crippen LogP contribution in [0.15, 0.2) is 0 Å². The third kappa shape index (κ3) is 2.07. The van der Waals surface area contributed by atoms with Crippen molar-refractivity contribution in [1.29, 1.82) is 0 Å². The minimum atomic E-state index is 0.290. The monoisotopic (exact) mass is 210 g/mol. The molecule has 0 aromatic rings. The second-order valence-electron chi connectivity index (χ2n) is 6.39. The fraction of sp³-hybridized carbons (Fsp3) is 1.00. The van der Waals surface area contributed by atoms with Gasteiger partial charge in [0.1, 0.15) is 0 Å². The molecular formula is C13H26N2. The fourth-order valence-corrected chi connectivity index (χ4v) is 3.38. The Labute approximate surface area is 94.4 Å². The van der Waals surface area contributed by atoms with Crippen LogP contribution in [-0.4, -0.2) is 35.1 Å². The molecule has 2 fully saturated rings. The number of nitrogens with zero attached hydrogens (tertiary/aromatic N) is 1. The Balaban J connectivity index is 2.17. The lowest BCUT2D eigenvalue weighted by molar-refractivity contribution is -0.00483. The van der Waals surface area contributed by atoms with Gasteiger partial charge in [-0.2, -0.15) is 0 Å². The summed E-state index contributed by atoms with van der Waals surface area (Å²) in [7, 11) is 0. The molecule has 1 spiro atoms. The molecule has 1 saturated heterocycles. The predicted octanol–water partition coefficient (Wildman–Crippen LogP) is 2.39. The highest BCUT2D eigenvalue weighted by atomic mass is 15.3. The van der Waals surface area contributed by atoms with E-state index in [-0.39, 0.29) is 5.54 Å². The van der Waals surface area contributed by atoms with Crippen LogP contribution in [0, 0.1) is 0 Å². The van der Waals surface area contributed by atoms with Crippen LogP contribution in [0.4, 0.5) is 0 Å². The first-order chi connectivity index (χ1) is 6.95. The van der Waals surface area contributed by atoms with E-state index in [0.717, 1.165) is 0 Å². The van der Waals surface area contributed by atoms with Crippen molar-refractivity contribution >= 4 is 0 Å². The molecule has 2 heteroatoms. The first kappa shape index (κ1) is 11.4. The minimum Gasteiger partial charge on any atom is -0.309 e. The van der Waals surface area contributed by atoms with Crippen molar-refractivity contribution in [3.63, 3.8) is 0 Å². The molecule has 1 heterocycles. The topological polar surface area (TPSA) is 15.3 Å². The Bertz CT molecular complexity index is 227. The van der Waals surface area contributed by atoms with E-state index in [1.54, 1.807) is 0 Å². The van der Waals surface area contributed by atoms with E-state index in [4.69, 9.17) is 0 Å². The maximum Gasteiger partial charge on any atom is 0.0337 e. The SMILES string of the molecule is CC(C)N1CC(C)(C)NCC12CCCC2. The number of nitrogens with one attached hydrogen (secondary N) is 1. The van der Waals surface area contributed by atoms with Gasteiger partial charge in [-0.05, 0) is 40.5 Å². The van der Waals surface area contributed by atoms with Crippen molar-refractivity contribution in [1.82, 2.24) is 10.2 Å². The molecule has 0 unspecified atom stereocenters. The molecule has 0 atom stereocenters. The Hall–Kier alpha value is -0.0800. The van der Waals surface area contributed by atoms with Crippen LogP contribution in [0.25, 0.3) is 0 Å². The average Bonchev–Trinajstić information content (AvgIpc) is 2.59. The normalized spacial score (nSPS) is 30.2. The van der Waals surface area contributed by atoms with Crippen molar-refractivity contribution in [2.24, 2.45) is 0 Å². The number of piperazine rings is 1. The van der Waals surface area contributed by atoms with Crippen molar-refractivity contribution in [2.45, 2.75) is 70.5 Å². The van der Waals surface area contributed by atoms with E-state index in [2.05, 4.69) is 37.9 Å². The first-order valence-electron chi connectivity index (χ1n) is 6.47. The average molecular weight is 210 g/mol. The summed E-state index contributed by atoms with van der Waals surface area (Å²) in [5, 5.41) is 3.73. The number of hydrogen-bond acceptors (Lipinski definition) is 2. The van der Waals surface area contributed by atoms with Crippen molar-refractivity contribution in [3.8, 4) is 0 Å². The first-order valence-corrected chi connectivity index (χ1v) is 6.47. The summed E-state index contributed by atoms with van der Waals surface area (Å²) in [6.45, 7) is 11.7. The standard InChI is InChI=1S/C13H26N2/c1-11(2)15-10-12(3,4)14-9-13(15)7-5-6-8-13/h11,14H,5-10H2,1-4H3. The Morgan fingerprint density at radius 3 is 2.27 bits per heavy atom. The highest BCUT2D eigenvalue weighted by Gasteiger charge is 2.46. The molecule has 88 valence electrons. The zero-order valence-corrected chi connectivity index (χ0v) is 10.8. The molecule has 1 N–H and O–H groups in total. The quantitative estimate of drug-likeness (QED) is 0.715. The summed E-state index contributed by atoms with van der Waals surface area (Å²) in [5.41, 5.74) is 0.780. The Kier molecular flexibility index (Phi) is 2.85. The highest BCUT2D eigenvalue weighted by Crippen LogP contribution is 2.39. The Morgan fingerprint density at radius 2 is 1.73 bits per heavy atom. The smallest absolute Gasteiger partial charge is 0.0337 e. The molecule has 2 rings (SSSR count). The summed E-state index contributed by atoms with van der Waals surface area (Å²) in [6, 6.07) is 0.685. The molecular weight excluding hydrogens is 184 g/mol. The minimum absolute atomic E-state index is 0.290. The van der Waals surface area contributed by atoms with Gasteiger partial charge in [0.05, 0.1) is 0 Å². The van der Waals surface area contributed by atoms with E-state index >= 15 is 0 Å². The van der Waals surface area contributed by atoms with Crippen molar-refractivity contribution in [3.05, 3.63) is 0 Å². The zero-order chi connectivity index (χ0) is 11.1. The van der Waals surface area contributed by atoms with E-state index < -0.39 is 0 Å². The molecule has 2 aliphatic rings. The second kappa shape index (κ2) is 3.74. The van der Waals surface area contributed by atoms with E-state index in [1.807, 2.05) is 0 Å². The molecule has 0 aromatic heterocycles. The Morgan fingerprint density at radius 1 is 1.13 bits per heavy atom. The molecule has 1 aliphatic heterocycles. The van der Waals surface area contributed by atoms with Crippen molar-refractivity contribution in [2.75, 3.05) is 13.1 Å². The van der Waals surface area contributed by atoms with Gasteiger partial charge in [0.25, 0.3) is 0 Å². The summed E-state index contributed by atoms with van der Waals surface area (Å²) >= 11 is 0. The van der Waals surface area contributed by atoms with Crippen molar-refractivity contribution < 1.29 is 0 Å². The maximum atomic E-state index is 3.73.